The van der Waals surface area contributed by atoms with Gasteiger partial charge in [0.2, 0.25) is 0 Å². The Kier molecular flexibility index (Phi) is 7.00. The molecular formula is C12H16BrNO3. The third-order valence-electron chi connectivity index (χ3n) is 2.12. The summed E-state index contributed by atoms with van der Waals surface area (Å²) in [7, 11) is 1.62. The van der Waals surface area contributed by atoms with Crippen LogP contribution in [0, 0.1) is 0 Å². The Hall–Kier alpha value is -0.780. The van der Waals surface area contributed by atoms with E-state index >= 15 is 0 Å². The number of aromatic nitrogens is 1. The van der Waals surface area contributed by atoms with Crippen molar-refractivity contribution in [1.82, 2.24) is 4.98 Å². The van der Waals surface area contributed by atoms with Crippen LogP contribution in [0.25, 0.3) is 0 Å². The minimum atomic E-state index is 0.155. The summed E-state index contributed by atoms with van der Waals surface area (Å²) in [6.07, 6.45) is 4.23. The highest BCUT2D eigenvalue weighted by molar-refractivity contribution is 9.10. The van der Waals surface area contributed by atoms with Gasteiger partial charge in [-0.1, -0.05) is 0 Å². The molecule has 17 heavy (non-hydrogen) atoms. The summed E-state index contributed by atoms with van der Waals surface area (Å²) in [6, 6.07) is 1.90. The highest BCUT2D eigenvalue weighted by Crippen LogP contribution is 2.10. The molecular weight excluding hydrogens is 286 g/mol. The van der Waals surface area contributed by atoms with E-state index in [0.29, 0.717) is 32.7 Å². The van der Waals surface area contributed by atoms with Crippen LogP contribution in [0.5, 0.6) is 0 Å². The third-order valence-corrected chi connectivity index (χ3v) is 2.55. The summed E-state index contributed by atoms with van der Waals surface area (Å²) in [5, 5.41) is 0. The van der Waals surface area contributed by atoms with E-state index in [1.54, 1.807) is 19.5 Å². The molecule has 0 radical (unpaired) electrons. The van der Waals surface area contributed by atoms with Crippen LogP contribution in [0.4, 0.5) is 0 Å². The van der Waals surface area contributed by atoms with Gasteiger partial charge >= 0.3 is 0 Å². The molecule has 5 heteroatoms. The van der Waals surface area contributed by atoms with E-state index in [2.05, 4.69) is 20.9 Å². The van der Waals surface area contributed by atoms with Gasteiger partial charge in [0.25, 0.3) is 0 Å². The van der Waals surface area contributed by atoms with E-state index in [-0.39, 0.29) is 5.78 Å². The van der Waals surface area contributed by atoms with E-state index in [1.165, 1.54) is 0 Å². The van der Waals surface area contributed by atoms with E-state index in [1.807, 2.05) is 6.07 Å². The van der Waals surface area contributed by atoms with E-state index in [4.69, 9.17) is 9.47 Å². The van der Waals surface area contributed by atoms with Crippen molar-refractivity contribution in [2.75, 3.05) is 26.9 Å². The molecule has 4 nitrogen and oxygen atoms in total. The number of hydrogen-bond acceptors (Lipinski definition) is 4. The van der Waals surface area contributed by atoms with Crippen LogP contribution in [0.1, 0.15) is 12.0 Å². The van der Waals surface area contributed by atoms with Crippen LogP contribution in [0.15, 0.2) is 22.9 Å². The first-order valence-corrected chi connectivity index (χ1v) is 6.19. The molecule has 0 bridgehead atoms. The molecule has 0 aliphatic heterocycles. The van der Waals surface area contributed by atoms with Crippen molar-refractivity contribution in [1.29, 1.82) is 0 Å². The van der Waals surface area contributed by atoms with Crippen LogP contribution in [-0.4, -0.2) is 37.7 Å². The van der Waals surface area contributed by atoms with Crippen LogP contribution in [0.3, 0.4) is 0 Å². The fourth-order valence-electron chi connectivity index (χ4n) is 1.30. The smallest absolute Gasteiger partial charge is 0.139 e. The lowest BCUT2D eigenvalue weighted by molar-refractivity contribution is -0.119. The number of pyridine rings is 1. The lowest BCUT2D eigenvalue weighted by atomic mass is 10.1. The van der Waals surface area contributed by atoms with Gasteiger partial charge in [-0.2, -0.15) is 0 Å². The number of rotatable bonds is 8. The molecule has 0 N–H and O–H groups in total. The number of hydrogen-bond donors (Lipinski definition) is 0. The van der Waals surface area contributed by atoms with Crippen molar-refractivity contribution in [2.45, 2.75) is 12.8 Å². The van der Waals surface area contributed by atoms with Gasteiger partial charge in [-0.3, -0.25) is 9.78 Å². The number of ketones is 1. The van der Waals surface area contributed by atoms with Crippen LogP contribution >= 0.6 is 15.9 Å². The molecule has 1 aromatic rings. The Morgan fingerprint density at radius 1 is 1.35 bits per heavy atom. The Labute approximate surface area is 109 Å². The fourth-order valence-corrected chi connectivity index (χ4v) is 1.71. The second-order valence-electron chi connectivity index (χ2n) is 3.58. The molecule has 1 heterocycles. The highest BCUT2D eigenvalue weighted by atomic mass is 79.9. The monoisotopic (exact) mass is 301 g/mol. The summed E-state index contributed by atoms with van der Waals surface area (Å²) in [4.78, 5) is 15.6. The van der Waals surface area contributed by atoms with Crippen molar-refractivity contribution < 1.29 is 14.3 Å². The molecule has 0 aliphatic rings. The average Bonchev–Trinajstić information content (AvgIpc) is 2.29. The topological polar surface area (TPSA) is 48.4 Å². The molecule has 0 fully saturated rings. The molecule has 1 aromatic heterocycles. The normalized spacial score (nSPS) is 10.5. The molecule has 0 spiro atoms. The third kappa shape index (κ3) is 6.51. The Bertz CT molecular complexity index is 357. The van der Waals surface area contributed by atoms with Gasteiger partial charge in [0.05, 0.1) is 19.8 Å². The van der Waals surface area contributed by atoms with E-state index in [9.17, 15) is 4.79 Å². The van der Waals surface area contributed by atoms with Crippen molar-refractivity contribution in [3.63, 3.8) is 0 Å². The average molecular weight is 302 g/mol. The number of nitrogens with zero attached hydrogens (tertiary/aromatic N) is 1. The summed E-state index contributed by atoms with van der Waals surface area (Å²) in [5.74, 6) is 0.155. The highest BCUT2D eigenvalue weighted by Gasteiger charge is 2.04. The molecule has 0 amide bonds. The number of carbonyl (C=O) groups is 1. The number of carbonyl (C=O) groups excluding carboxylic acids is 1. The second kappa shape index (κ2) is 8.33. The minimum absolute atomic E-state index is 0.155. The van der Waals surface area contributed by atoms with Crippen molar-refractivity contribution >= 4 is 21.7 Å². The predicted molar refractivity (Wildman–Crippen MR) is 68.0 cm³/mol. The van der Waals surface area contributed by atoms with Crippen LogP contribution < -0.4 is 0 Å². The van der Waals surface area contributed by atoms with Gasteiger partial charge in [-0.15, -0.1) is 0 Å². The molecule has 0 atom stereocenters. The van der Waals surface area contributed by atoms with E-state index in [0.717, 1.165) is 10.0 Å². The molecule has 94 valence electrons. The lowest BCUT2D eigenvalue weighted by Crippen LogP contribution is -2.09. The fraction of sp³-hybridized carbons (Fsp3) is 0.500. The molecule has 0 aromatic carbocycles. The zero-order valence-electron chi connectivity index (χ0n) is 9.82. The number of halogens is 1. The Balaban J connectivity index is 2.21. The summed E-state index contributed by atoms with van der Waals surface area (Å²) >= 11 is 3.32. The largest absolute Gasteiger partial charge is 0.382 e. The van der Waals surface area contributed by atoms with Crippen molar-refractivity contribution in [2.24, 2.45) is 0 Å². The van der Waals surface area contributed by atoms with Crippen LogP contribution in [0.2, 0.25) is 0 Å². The maximum Gasteiger partial charge on any atom is 0.139 e. The van der Waals surface area contributed by atoms with Crippen molar-refractivity contribution in [3.05, 3.63) is 28.5 Å². The summed E-state index contributed by atoms with van der Waals surface area (Å²) in [6.45, 7) is 1.54. The standard InChI is InChI=1S/C12H16BrNO3/c1-16-4-5-17-3-2-12(15)7-10-6-11(13)9-14-8-10/h6,8-9H,2-5,7H2,1H3. The quantitative estimate of drug-likeness (QED) is 0.689. The minimum Gasteiger partial charge on any atom is -0.382 e. The van der Waals surface area contributed by atoms with Gasteiger partial charge in [-0.05, 0) is 27.6 Å². The van der Waals surface area contributed by atoms with Crippen LogP contribution in [-0.2, 0) is 20.7 Å². The van der Waals surface area contributed by atoms with Gasteiger partial charge < -0.3 is 9.47 Å². The Morgan fingerprint density at radius 2 is 2.18 bits per heavy atom. The first kappa shape index (κ1) is 14.3. The molecule has 1 rings (SSSR count). The predicted octanol–water partition coefficient (Wildman–Crippen LogP) is 2.01. The number of ether oxygens (including phenoxy) is 2. The van der Waals surface area contributed by atoms with Crippen molar-refractivity contribution in [3.8, 4) is 0 Å². The maximum atomic E-state index is 11.6. The first-order valence-electron chi connectivity index (χ1n) is 5.40. The molecule has 0 saturated heterocycles. The number of methoxy groups -OCH3 is 1. The zero-order valence-corrected chi connectivity index (χ0v) is 11.4. The Morgan fingerprint density at radius 3 is 2.88 bits per heavy atom. The molecule has 0 saturated carbocycles. The first-order chi connectivity index (χ1) is 8.22. The number of Topliss-reactive ketones (excluding diaryl/α,β-unsaturated/α-hetero) is 1. The van der Waals surface area contributed by atoms with Gasteiger partial charge in [0.15, 0.2) is 0 Å². The molecule has 0 aliphatic carbocycles. The van der Waals surface area contributed by atoms with E-state index < -0.39 is 0 Å². The molecule has 0 unspecified atom stereocenters. The summed E-state index contributed by atoms with van der Waals surface area (Å²) < 4.78 is 11.0. The summed E-state index contributed by atoms with van der Waals surface area (Å²) in [5.41, 5.74) is 0.918. The maximum absolute atomic E-state index is 11.6. The second-order valence-corrected chi connectivity index (χ2v) is 4.50. The zero-order chi connectivity index (χ0) is 12.5. The lowest BCUT2D eigenvalue weighted by Gasteiger charge is -2.03. The van der Waals surface area contributed by atoms with Gasteiger partial charge in [0, 0.05) is 36.8 Å². The van der Waals surface area contributed by atoms with Gasteiger partial charge in [0.1, 0.15) is 5.78 Å². The van der Waals surface area contributed by atoms with Gasteiger partial charge in [-0.25, -0.2) is 0 Å². The SMILES string of the molecule is COCCOCCC(=O)Cc1cncc(Br)c1.